The molecule has 1 heterocycles. The van der Waals surface area contributed by atoms with Crippen LogP contribution in [0.25, 0.3) is 22.3 Å². The Labute approximate surface area is 401 Å². The zero-order chi connectivity index (χ0) is 49.2. The first kappa shape index (κ1) is 48.0. The van der Waals surface area contributed by atoms with E-state index in [2.05, 4.69) is 37.9 Å². The summed E-state index contributed by atoms with van der Waals surface area (Å²) >= 11 is 0. The summed E-state index contributed by atoms with van der Waals surface area (Å²) in [5.41, 5.74) is 6.90. The molecule has 340 valence electrons. The first-order valence-corrected chi connectivity index (χ1v) is 22.5. The number of ketones is 2. The molecule has 0 unspecified atom stereocenters. The number of ether oxygens (including phenoxy) is 3. The second-order valence-electron chi connectivity index (χ2n) is 16.8. The highest BCUT2D eigenvalue weighted by molar-refractivity contribution is 7.59. The number of aromatic nitrogens is 1. The Morgan fingerprint density at radius 1 is 0.536 bits per heavy atom. The van der Waals surface area contributed by atoms with E-state index in [1.807, 2.05) is 86.6 Å². The monoisotopic (exact) mass is 929 g/mol. The normalized spacial score (nSPS) is 10.7. The molecule has 0 saturated heterocycles. The minimum absolute atomic E-state index is 0.141. The van der Waals surface area contributed by atoms with Crippen LogP contribution in [0.3, 0.4) is 0 Å². The van der Waals surface area contributed by atoms with Crippen LogP contribution in [0.1, 0.15) is 80.4 Å². The van der Waals surface area contributed by atoms with Gasteiger partial charge in [0, 0.05) is 45.6 Å². The molecule has 0 aliphatic heterocycles. The zero-order valence-electron chi connectivity index (χ0n) is 38.2. The van der Waals surface area contributed by atoms with Crippen LogP contribution in [0, 0.1) is 36.5 Å². The van der Waals surface area contributed by atoms with Crippen molar-refractivity contribution in [3.8, 4) is 69.0 Å². The number of nitrogens with zero attached hydrogens (tertiary/aromatic N) is 3. The van der Waals surface area contributed by atoms with Crippen LogP contribution >= 0.6 is 0 Å². The van der Waals surface area contributed by atoms with Crippen molar-refractivity contribution >= 4 is 22.2 Å². The number of aryl methyl sites for hydroxylation is 2. The Balaban J connectivity index is 0.00000169. The molecule has 0 fully saturated rings. The molecule has 11 nitrogen and oxygen atoms in total. The van der Waals surface area contributed by atoms with Crippen molar-refractivity contribution < 1.29 is 36.4 Å². The van der Waals surface area contributed by atoms with Crippen LogP contribution in [-0.2, 0) is 16.0 Å². The molecule has 0 atom stereocenters. The van der Waals surface area contributed by atoms with Gasteiger partial charge < -0.3 is 14.2 Å². The second kappa shape index (κ2) is 21.1. The van der Waals surface area contributed by atoms with E-state index in [1.165, 1.54) is 0 Å². The fraction of sp³-hybridized carbons (Fsp3) is 0.105. The third kappa shape index (κ3) is 11.4. The molecule has 0 amide bonds. The maximum Gasteiger partial charge on any atom is 0.425 e. The third-order valence-electron chi connectivity index (χ3n) is 11.0. The number of carbonyl (C=O) groups excluding carboxylic acids is 2. The molecule has 0 radical (unpaired) electrons. The summed E-state index contributed by atoms with van der Waals surface area (Å²) in [7, 11) is -3.11. The fourth-order valence-corrected chi connectivity index (χ4v) is 7.65. The Morgan fingerprint density at radius 3 is 1.80 bits per heavy atom. The van der Waals surface area contributed by atoms with Crippen LogP contribution in [0.2, 0.25) is 0 Å². The Bertz CT molecular complexity index is 3420. The summed E-state index contributed by atoms with van der Waals surface area (Å²) in [6.07, 6.45) is 1.64. The number of carbonyl (C=O) groups is 2. The number of rotatable bonds is 12. The average molecular weight is 930 g/mol. The molecule has 69 heavy (non-hydrogen) atoms. The molecule has 0 aliphatic rings. The van der Waals surface area contributed by atoms with Crippen LogP contribution in [0.5, 0.6) is 34.6 Å². The second-order valence-corrected chi connectivity index (χ2v) is 17.2. The van der Waals surface area contributed by atoms with E-state index < -0.39 is 16.0 Å². The van der Waals surface area contributed by atoms with Gasteiger partial charge in [-0.2, -0.15) is 10.5 Å². The smallest absolute Gasteiger partial charge is 0.425 e. The van der Waals surface area contributed by atoms with Crippen molar-refractivity contribution in [3.05, 3.63) is 220 Å². The van der Waals surface area contributed by atoms with Gasteiger partial charge in [0.1, 0.15) is 46.4 Å². The van der Waals surface area contributed by atoms with Crippen molar-refractivity contribution in [2.24, 2.45) is 0 Å². The maximum absolute atomic E-state index is 14.9. The molecule has 8 rings (SSSR count). The van der Waals surface area contributed by atoms with Gasteiger partial charge in [-0.1, -0.05) is 111 Å². The maximum atomic E-state index is 14.9. The van der Waals surface area contributed by atoms with Gasteiger partial charge in [0.2, 0.25) is 5.88 Å². The lowest BCUT2D eigenvalue weighted by Gasteiger charge is -2.24. The highest BCUT2D eigenvalue weighted by Crippen LogP contribution is 2.42. The lowest BCUT2D eigenvalue weighted by Crippen LogP contribution is -2.13. The predicted octanol–water partition coefficient (Wildman–Crippen LogP) is 12.9. The van der Waals surface area contributed by atoms with Gasteiger partial charge >= 0.3 is 10.6 Å². The van der Waals surface area contributed by atoms with E-state index in [-0.39, 0.29) is 22.9 Å². The van der Waals surface area contributed by atoms with E-state index in [0.29, 0.717) is 78.9 Å². The standard InChI is InChI=1S/C57H43N3O5.O3S/c1-36-20-27-43(46(31-36)55(61)38-14-7-6-8-15-38)40-23-28-45(47(32-40)56(62)39-21-24-41(25-22-39)64-54-19-9-10-30-60-54)44-16-12-18-52(49(44)35-59)63-42-26-29-53(50(33-42)57(3,4)5)65-51-17-11-13-37(2)48(51)34-58;1-4(2)3/h6-33H,1-5H3;. The lowest BCUT2D eigenvalue weighted by molar-refractivity contribution is 0.103. The molecular formula is C57H43N3O8S. The Kier molecular flexibility index (Phi) is 14.7. The highest BCUT2D eigenvalue weighted by Gasteiger charge is 2.25. The molecule has 0 saturated carbocycles. The van der Waals surface area contributed by atoms with E-state index in [1.54, 1.807) is 97.2 Å². The van der Waals surface area contributed by atoms with Crippen molar-refractivity contribution in [1.29, 1.82) is 10.5 Å². The molecule has 8 aromatic rings. The minimum Gasteiger partial charge on any atom is -0.456 e. The van der Waals surface area contributed by atoms with Crippen molar-refractivity contribution in [2.45, 2.75) is 40.0 Å². The first-order valence-electron chi connectivity index (χ1n) is 21.5. The van der Waals surface area contributed by atoms with Crippen LogP contribution in [-0.4, -0.2) is 29.2 Å². The van der Waals surface area contributed by atoms with E-state index in [4.69, 9.17) is 26.8 Å². The highest BCUT2D eigenvalue weighted by atomic mass is 32.2. The van der Waals surface area contributed by atoms with Crippen molar-refractivity contribution in [2.75, 3.05) is 0 Å². The van der Waals surface area contributed by atoms with Crippen LogP contribution < -0.4 is 14.2 Å². The largest absolute Gasteiger partial charge is 0.456 e. The predicted molar refractivity (Wildman–Crippen MR) is 262 cm³/mol. The molecule has 12 heteroatoms. The molecule has 7 aromatic carbocycles. The molecule has 0 spiro atoms. The zero-order valence-corrected chi connectivity index (χ0v) is 39.0. The quantitative estimate of drug-likeness (QED) is 0.107. The lowest BCUT2D eigenvalue weighted by atomic mass is 9.86. The number of nitriles is 2. The molecule has 1 aromatic heterocycles. The van der Waals surface area contributed by atoms with E-state index in [9.17, 15) is 20.1 Å². The first-order chi connectivity index (χ1) is 33.1. The van der Waals surface area contributed by atoms with Gasteiger partial charge in [0.25, 0.3) is 0 Å². The van der Waals surface area contributed by atoms with Gasteiger partial charge in [0.15, 0.2) is 11.6 Å². The number of benzene rings is 7. The summed E-state index contributed by atoms with van der Waals surface area (Å²) in [4.78, 5) is 33.1. The Morgan fingerprint density at radius 2 is 1.14 bits per heavy atom. The van der Waals surface area contributed by atoms with E-state index >= 15 is 0 Å². The van der Waals surface area contributed by atoms with Crippen LogP contribution in [0.4, 0.5) is 0 Å². The van der Waals surface area contributed by atoms with Crippen LogP contribution in [0.15, 0.2) is 170 Å². The summed E-state index contributed by atoms with van der Waals surface area (Å²) in [5.74, 6) is 2.27. The summed E-state index contributed by atoms with van der Waals surface area (Å²) < 4.78 is 44.1. The average Bonchev–Trinajstić information content (AvgIpc) is 3.34. The molecule has 0 aliphatic carbocycles. The molecule has 0 N–H and O–H groups in total. The summed E-state index contributed by atoms with van der Waals surface area (Å²) in [6.45, 7) is 9.98. The van der Waals surface area contributed by atoms with E-state index in [0.717, 1.165) is 16.7 Å². The van der Waals surface area contributed by atoms with Gasteiger partial charge in [-0.05, 0) is 114 Å². The number of hydrogen-bond acceptors (Lipinski definition) is 11. The summed E-state index contributed by atoms with van der Waals surface area (Å²) in [5, 5.41) is 20.7. The van der Waals surface area contributed by atoms with Gasteiger partial charge in [0.05, 0.1) is 5.56 Å². The fourth-order valence-electron chi connectivity index (χ4n) is 7.65. The van der Waals surface area contributed by atoms with Gasteiger partial charge in [-0.3, -0.25) is 9.59 Å². The SMILES string of the molecule is Cc1ccc(-c2ccc(-c3cccc(Oc4ccc(Oc5cccc(C)c5C#N)c(C(C)(C)C)c4)c3C#N)c(C(=O)c3ccc(Oc4ccccn4)cc3)c2)c(C(=O)c2ccccc2)c1.O=S(=O)=O. The van der Waals surface area contributed by atoms with Gasteiger partial charge in [-0.25, -0.2) is 4.98 Å². The number of hydrogen-bond donors (Lipinski definition) is 0. The van der Waals surface area contributed by atoms with Crippen molar-refractivity contribution in [1.82, 2.24) is 4.98 Å². The van der Waals surface area contributed by atoms with Crippen molar-refractivity contribution in [3.63, 3.8) is 0 Å². The number of pyridine rings is 1. The molecular weight excluding hydrogens is 887 g/mol. The Hall–Kier alpha value is -8.97. The topological polar surface area (TPSA) is 174 Å². The third-order valence-corrected chi connectivity index (χ3v) is 11.0. The minimum atomic E-state index is -3.11. The molecule has 0 bridgehead atoms. The van der Waals surface area contributed by atoms with Gasteiger partial charge in [-0.15, -0.1) is 12.6 Å². The summed E-state index contributed by atoms with van der Waals surface area (Å²) in [6, 6.07) is 53.3.